The molecule has 0 unspecified atom stereocenters. The maximum absolute atomic E-state index is 12.9. The molecular formula is C17H16F4N2O. The standard InChI is InChI=1S/C17H16F4N2O/c1-16(2,9-11-3-6-13(18)7-4-11)23-15(24)12-5-8-14(22-10-12)17(19,20)21/h3-8,10H,9H2,1-2H3,(H,23,24). The third-order valence-corrected chi connectivity index (χ3v) is 3.33. The van der Waals surface area contributed by atoms with Gasteiger partial charge in [0.05, 0.1) is 5.56 Å². The van der Waals surface area contributed by atoms with Gasteiger partial charge in [-0.3, -0.25) is 9.78 Å². The van der Waals surface area contributed by atoms with Crippen molar-refractivity contribution in [1.82, 2.24) is 10.3 Å². The number of halogens is 4. The van der Waals surface area contributed by atoms with Crippen LogP contribution < -0.4 is 5.32 Å². The van der Waals surface area contributed by atoms with E-state index in [4.69, 9.17) is 0 Å². The number of hydrogen-bond acceptors (Lipinski definition) is 2. The monoisotopic (exact) mass is 340 g/mol. The predicted molar refractivity (Wildman–Crippen MR) is 80.9 cm³/mol. The Labute approximate surface area is 136 Å². The molecule has 1 aromatic heterocycles. The van der Waals surface area contributed by atoms with Crippen LogP contribution >= 0.6 is 0 Å². The minimum Gasteiger partial charge on any atom is -0.347 e. The van der Waals surface area contributed by atoms with Gasteiger partial charge < -0.3 is 5.32 Å². The van der Waals surface area contributed by atoms with Crippen LogP contribution in [0.1, 0.15) is 35.5 Å². The second-order valence-electron chi connectivity index (χ2n) is 6.07. The van der Waals surface area contributed by atoms with E-state index < -0.39 is 23.3 Å². The second kappa shape index (κ2) is 6.59. The highest BCUT2D eigenvalue weighted by molar-refractivity contribution is 5.94. The fourth-order valence-electron chi connectivity index (χ4n) is 2.23. The molecule has 0 fully saturated rings. The van der Waals surface area contributed by atoms with Crippen molar-refractivity contribution >= 4 is 5.91 Å². The van der Waals surface area contributed by atoms with Gasteiger partial charge in [0.15, 0.2) is 0 Å². The molecule has 0 aliphatic carbocycles. The fraction of sp³-hybridized carbons (Fsp3) is 0.294. The number of rotatable bonds is 4. The summed E-state index contributed by atoms with van der Waals surface area (Å²) < 4.78 is 50.3. The molecule has 3 nitrogen and oxygen atoms in total. The molecule has 1 heterocycles. The van der Waals surface area contributed by atoms with E-state index in [1.54, 1.807) is 26.0 Å². The van der Waals surface area contributed by atoms with Gasteiger partial charge in [-0.2, -0.15) is 13.2 Å². The van der Waals surface area contributed by atoms with Crippen LogP contribution in [0, 0.1) is 5.82 Å². The first-order valence-corrected chi connectivity index (χ1v) is 7.17. The lowest BCUT2D eigenvalue weighted by Gasteiger charge is -2.26. The number of nitrogens with zero attached hydrogens (tertiary/aromatic N) is 1. The molecule has 0 saturated carbocycles. The molecular weight excluding hydrogens is 324 g/mol. The second-order valence-corrected chi connectivity index (χ2v) is 6.07. The lowest BCUT2D eigenvalue weighted by atomic mass is 9.94. The fourth-order valence-corrected chi connectivity index (χ4v) is 2.23. The van der Waals surface area contributed by atoms with E-state index in [-0.39, 0.29) is 11.4 Å². The van der Waals surface area contributed by atoms with Crippen LogP contribution in [0.4, 0.5) is 17.6 Å². The highest BCUT2D eigenvalue weighted by atomic mass is 19.4. The molecule has 1 aromatic carbocycles. The van der Waals surface area contributed by atoms with Crippen LogP contribution in [-0.2, 0) is 12.6 Å². The van der Waals surface area contributed by atoms with Crippen LogP contribution in [0.25, 0.3) is 0 Å². The van der Waals surface area contributed by atoms with Gasteiger partial charge in [0.2, 0.25) is 0 Å². The number of aromatic nitrogens is 1. The van der Waals surface area contributed by atoms with Crippen molar-refractivity contribution in [2.45, 2.75) is 32.0 Å². The molecule has 128 valence electrons. The molecule has 2 aromatic rings. The van der Waals surface area contributed by atoms with Crippen LogP contribution in [0.5, 0.6) is 0 Å². The summed E-state index contributed by atoms with van der Waals surface area (Å²) in [5.74, 6) is -0.875. The summed E-state index contributed by atoms with van der Waals surface area (Å²) in [5.41, 5.74) is -0.857. The van der Waals surface area contributed by atoms with E-state index >= 15 is 0 Å². The largest absolute Gasteiger partial charge is 0.433 e. The average Bonchev–Trinajstić information content (AvgIpc) is 2.48. The van der Waals surface area contributed by atoms with Crippen molar-refractivity contribution in [3.05, 3.63) is 65.2 Å². The summed E-state index contributed by atoms with van der Waals surface area (Å²) in [6.07, 6.45) is -3.21. The van der Waals surface area contributed by atoms with Gasteiger partial charge in [0.1, 0.15) is 11.5 Å². The number of carbonyl (C=O) groups excluding carboxylic acids is 1. The highest BCUT2D eigenvalue weighted by Gasteiger charge is 2.32. The zero-order chi connectivity index (χ0) is 18.0. The van der Waals surface area contributed by atoms with Crippen LogP contribution in [0.15, 0.2) is 42.6 Å². The molecule has 0 atom stereocenters. The van der Waals surface area contributed by atoms with E-state index in [1.807, 2.05) is 0 Å². The first-order valence-electron chi connectivity index (χ1n) is 7.17. The number of hydrogen-bond donors (Lipinski definition) is 1. The molecule has 2 rings (SSSR count). The van der Waals surface area contributed by atoms with E-state index in [9.17, 15) is 22.4 Å². The number of alkyl halides is 3. The first-order chi connectivity index (χ1) is 11.1. The molecule has 0 spiro atoms. The number of pyridine rings is 1. The Morgan fingerprint density at radius 3 is 2.21 bits per heavy atom. The predicted octanol–water partition coefficient (Wildman–Crippen LogP) is 3.99. The van der Waals surface area contributed by atoms with E-state index in [0.29, 0.717) is 6.42 Å². The lowest BCUT2D eigenvalue weighted by molar-refractivity contribution is -0.141. The van der Waals surface area contributed by atoms with Crippen LogP contribution in [-0.4, -0.2) is 16.4 Å². The van der Waals surface area contributed by atoms with Crippen molar-refractivity contribution in [2.24, 2.45) is 0 Å². The maximum atomic E-state index is 12.9. The number of amides is 1. The van der Waals surface area contributed by atoms with Gasteiger partial charge in [0, 0.05) is 11.7 Å². The molecule has 0 saturated heterocycles. The summed E-state index contributed by atoms with van der Waals surface area (Å²) in [6.45, 7) is 3.54. The van der Waals surface area contributed by atoms with Crippen molar-refractivity contribution in [1.29, 1.82) is 0 Å². The molecule has 1 amide bonds. The molecule has 0 radical (unpaired) electrons. The smallest absolute Gasteiger partial charge is 0.347 e. The van der Waals surface area contributed by atoms with E-state index in [0.717, 1.165) is 23.9 Å². The molecule has 7 heteroatoms. The van der Waals surface area contributed by atoms with Gasteiger partial charge in [-0.1, -0.05) is 12.1 Å². The Bertz CT molecular complexity index is 707. The quantitative estimate of drug-likeness (QED) is 0.855. The summed E-state index contributed by atoms with van der Waals surface area (Å²) in [7, 11) is 0. The molecule has 0 bridgehead atoms. The van der Waals surface area contributed by atoms with Crippen LogP contribution in [0.2, 0.25) is 0 Å². The minimum atomic E-state index is -4.54. The minimum absolute atomic E-state index is 0.0372. The summed E-state index contributed by atoms with van der Waals surface area (Å²) in [4.78, 5) is 15.4. The van der Waals surface area contributed by atoms with Crippen molar-refractivity contribution in [2.75, 3.05) is 0 Å². The summed E-state index contributed by atoms with van der Waals surface area (Å²) >= 11 is 0. The number of benzene rings is 1. The van der Waals surface area contributed by atoms with Crippen molar-refractivity contribution < 1.29 is 22.4 Å². The first kappa shape index (κ1) is 17.9. The zero-order valence-electron chi connectivity index (χ0n) is 13.1. The maximum Gasteiger partial charge on any atom is 0.433 e. The third-order valence-electron chi connectivity index (χ3n) is 3.33. The lowest BCUT2D eigenvalue weighted by Crippen LogP contribution is -2.45. The zero-order valence-corrected chi connectivity index (χ0v) is 13.1. The normalized spacial score (nSPS) is 12.1. The Balaban J connectivity index is 2.05. The van der Waals surface area contributed by atoms with Gasteiger partial charge in [-0.25, -0.2) is 4.39 Å². The molecule has 1 N–H and O–H groups in total. The Morgan fingerprint density at radius 1 is 1.08 bits per heavy atom. The Hall–Kier alpha value is -2.44. The topological polar surface area (TPSA) is 42.0 Å². The van der Waals surface area contributed by atoms with Crippen molar-refractivity contribution in [3.8, 4) is 0 Å². The van der Waals surface area contributed by atoms with Gasteiger partial charge in [0.25, 0.3) is 5.91 Å². The summed E-state index contributed by atoms with van der Waals surface area (Å²) in [6, 6.07) is 7.73. The van der Waals surface area contributed by atoms with E-state index in [1.165, 1.54) is 12.1 Å². The van der Waals surface area contributed by atoms with Gasteiger partial charge in [-0.05, 0) is 50.1 Å². The van der Waals surface area contributed by atoms with Crippen molar-refractivity contribution in [3.63, 3.8) is 0 Å². The van der Waals surface area contributed by atoms with Crippen LogP contribution in [0.3, 0.4) is 0 Å². The molecule has 0 aliphatic rings. The highest BCUT2D eigenvalue weighted by Crippen LogP contribution is 2.27. The average molecular weight is 340 g/mol. The van der Waals surface area contributed by atoms with E-state index in [2.05, 4.69) is 10.3 Å². The third kappa shape index (κ3) is 4.78. The van der Waals surface area contributed by atoms with Gasteiger partial charge >= 0.3 is 6.18 Å². The van der Waals surface area contributed by atoms with Gasteiger partial charge in [-0.15, -0.1) is 0 Å². The Kier molecular flexibility index (Phi) is 4.91. The number of carbonyl (C=O) groups is 1. The Morgan fingerprint density at radius 2 is 1.71 bits per heavy atom. The summed E-state index contributed by atoms with van der Waals surface area (Å²) in [5, 5.41) is 2.74. The molecule has 0 aliphatic heterocycles. The SMILES string of the molecule is CC(C)(Cc1ccc(F)cc1)NC(=O)c1ccc(C(F)(F)F)nc1. The number of nitrogens with one attached hydrogen (secondary N) is 1. The molecule has 24 heavy (non-hydrogen) atoms.